The molecule has 7 nitrogen and oxygen atoms in total. The van der Waals surface area contributed by atoms with Gasteiger partial charge in [-0.2, -0.15) is 0 Å². The van der Waals surface area contributed by atoms with Crippen LogP contribution in [0, 0.1) is 0 Å². The zero-order valence-corrected chi connectivity index (χ0v) is 16.1. The van der Waals surface area contributed by atoms with Crippen molar-refractivity contribution in [2.24, 2.45) is 5.73 Å². The highest BCUT2D eigenvalue weighted by molar-refractivity contribution is 6.32. The molecule has 2 saturated heterocycles. The van der Waals surface area contributed by atoms with Crippen molar-refractivity contribution in [3.05, 3.63) is 28.8 Å². The van der Waals surface area contributed by atoms with Crippen LogP contribution in [-0.4, -0.2) is 65.1 Å². The second-order valence-corrected chi connectivity index (χ2v) is 7.60. The van der Waals surface area contributed by atoms with Crippen molar-refractivity contribution in [2.75, 3.05) is 32.8 Å². The molecule has 2 amide bonds. The molecule has 148 valence electrons. The van der Waals surface area contributed by atoms with Crippen molar-refractivity contribution in [3.8, 4) is 5.75 Å². The predicted octanol–water partition coefficient (Wildman–Crippen LogP) is 1.15. The number of carbonyl (C=O) groups is 2. The number of hydrogen-bond donors (Lipinski definition) is 2. The zero-order chi connectivity index (χ0) is 19.4. The molecule has 0 saturated carbocycles. The van der Waals surface area contributed by atoms with Gasteiger partial charge in [-0.1, -0.05) is 17.7 Å². The third-order valence-corrected chi connectivity index (χ3v) is 5.73. The highest BCUT2D eigenvalue weighted by atomic mass is 35.5. The van der Waals surface area contributed by atoms with Crippen LogP contribution in [0.1, 0.15) is 31.2 Å². The number of amides is 2. The Labute approximate surface area is 164 Å². The molecule has 1 aromatic rings. The van der Waals surface area contributed by atoms with Gasteiger partial charge in [-0.25, -0.2) is 0 Å². The number of ether oxygens (including phenoxy) is 1. The minimum absolute atomic E-state index is 0.00973. The van der Waals surface area contributed by atoms with E-state index in [-0.39, 0.29) is 19.1 Å². The van der Waals surface area contributed by atoms with Gasteiger partial charge in [-0.05, 0) is 49.9 Å². The van der Waals surface area contributed by atoms with Gasteiger partial charge in [0.15, 0.2) is 6.61 Å². The number of likely N-dealkylation sites (tertiary alicyclic amines) is 2. The molecule has 1 spiro atoms. The highest BCUT2D eigenvalue weighted by Crippen LogP contribution is 2.39. The third kappa shape index (κ3) is 4.20. The topological polar surface area (TPSA) is 96.1 Å². The Hall–Kier alpha value is -1.83. The first kappa shape index (κ1) is 19.9. The summed E-state index contributed by atoms with van der Waals surface area (Å²) in [5.41, 5.74) is 5.60. The Morgan fingerprint density at radius 1 is 1.30 bits per heavy atom. The number of primary amides is 1. The van der Waals surface area contributed by atoms with E-state index in [2.05, 4.69) is 4.90 Å². The van der Waals surface area contributed by atoms with Crippen molar-refractivity contribution in [1.82, 2.24) is 9.80 Å². The minimum Gasteiger partial charge on any atom is -0.482 e. The monoisotopic (exact) mass is 395 g/mol. The smallest absolute Gasteiger partial charge is 0.255 e. The van der Waals surface area contributed by atoms with Crippen LogP contribution in [0.3, 0.4) is 0 Å². The van der Waals surface area contributed by atoms with Gasteiger partial charge in [0.1, 0.15) is 11.3 Å². The summed E-state index contributed by atoms with van der Waals surface area (Å²) < 4.78 is 5.29. The summed E-state index contributed by atoms with van der Waals surface area (Å²) in [6.07, 6.45) is 3.62. The molecular formula is C19H26ClN3O4. The van der Waals surface area contributed by atoms with Crippen LogP contribution in [0.2, 0.25) is 5.02 Å². The lowest BCUT2D eigenvalue weighted by Crippen LogP contribution is -2.60. The van der Waals surface area contributed by atoms with E-state index in [1.54, 1.807) is 11.0 Å². The number of rotatable bonds is 7. The van der Waals surface area contributed by atoms with Crippen LogP contribution in [-0.2, 0) is 16.1 Å². The molecule has 1 unspecified atom stereocenters. The maximum absolute atomic E-state index is 13.1. The number of piperidine rings is 1. The molecule has 0 radical (unpaired) electrons. The van der Waals surface area contributed by atoms with Gasteiger partial charge in [0.2, 0.25) is 5.91 Å². The van der Waals surface area contributed by atoms with Crippen LogP contribution in [0.25, 0.3) is 0 Å². The minimum atomic E-state index is -0.558. The lowest BCUT2D eigenvalue weighted by molar-refractivity contribution is -0.148. The molecular weight excluding hydrogens is 370 g/mol. The van der Waals surface area contributed by atoms with Gasteiger partial charge in [-0.15, -0.1) is 0 Å². The molecule has 0 bridgehead atoms. The molecule has 27 heavy (non-hydrogen) atoms. The number of carbonyl (C=O) groups excluding carboxylic acids is 2. The molecule has 1 atom stereocenters. The van der Waals surface area contributed by atoms with Crippen molar-refractivity contribution in [1.29, 1.82) is 0 Å². The van der Waals surface area contributed by atoms with Crippen molar-refractivity contribution in [2.45, 2.75) is 37.8 Å². The van der Waals surface area contributed by atoms with E-state index < -0.39 is 11.4 Å². The molecule has 3 N–H and O–H groups in total. The van der Waals surface area contributed by atoms with Crippen LogP contribution in [0.4, 0.5) is 0 Å². The van der Waals surface area contributed by atoms with Crippen molar-refractivity contribution < 1.29 is 19.4 Å². The molecule has 0 aromatic heterocycles. The van der Waals surface area contributed by atoms with Gasteiger partial charge in [0, 0.05) is 19.6 Å². The van der Waals surface area contributed by atoms with Gasteiger partial charge in [0.25, 0.3) is 5.91 Å². The standard InChI is InChI=1S/C19H26ClN3O4/c20-15-11-14(3-4-16(15)27-13-17(21)25)12-23-8-2-6-19(23)5-1-7-22(9-10-24)18(19)26/h3-4,11,24H,1-2,5-10,12-13H2,(H2,21,25). The number of benzene rings is 1. The van der Waals surface area contributed by atoms with Crippen LogP contribution < -0.4 is 10.5 Å². The lowest BCUT2D eigenvalue weighted by atomic mass is 9.85. The first-order valence-electron chi connectivity index (χ1n) is 9.31. The van der Waals surface area contributed by atoms with E-state index >= 15 is 0 Å². The first-order chi connectivity index (χ1) is 13.0. The molecule has 0 aliphatic carbocycles. The second kappa shape index (κ2) is 8.46. The van der Waals surface area contributed by atoms with E-state index in [0.717, 1.165) is 37.8 Å². The SMILES string of the molecule is NC(=O)COc1ccc(CN2CCCC23CCCN(CCO)C3=O)cc1Cl. The number of hydrogen-bond acceptors (Lipinski definition) is 5. The summed E-state index contributed by atoms with van der Waals surface area (Å²) in [4.78, 5) is 28.0. The molecule has 1 aromatic carbocycles. The average molecular weight is 396 g/mol. The van der Waals surface area contributed by atoms with Crippen molar-refractivity contribution >= 4 is 23.4 Å². The summed E-state index contributed by atoms with van der Waals surface area (Å²) in [5.74, 6) is -0.0107. The van der Waals surface area contributed by atoms with Gasteiger partial charge < -0.3 is 20.5 Å². The predicted molar refractivity (Wildman–Crippen MR) is 101 cm³/mol. The van der Waals surface area contributed by atoms with E-state index in [0.29, 0.717) is 30.4 Å². The third-order valence-electron chi connectivity index (χ3n) is 5.44. The fraction of sp³-hybridized carbons (Fsp3) is 0.579. The van der Waals surface area contributed by atoms with E-state index in [4.69, 9.17) is 22.1 Å². The maximum Gasteiger partial charge on any atom is 0.255 e. The number of halogens is 1. The van der Waals surface area contributed by atoms with E-state index in [9.17, 15) is 14.7 Å². The normalized spacial score (nSPS) is 23.2. The number of nitrogens with two attached hydrogens (primary N) is 1. The fourth-order valence-corrected chi connectivity index (χ4v) is 4.48. The molecule has 8 heteroatoms. The van der Waals surface area contributed by atoms with Crippen LogP contribution >= 0.6 is 11.6 Å². The van der Waals surface area contributed by atoms with Crippen molar-refractivity contribution in [3.63, 3.8) is 0 Å². The maximum atomic E-state index is 13.1. The largest absolute Gasteiger partial charge is 0.482 e. The Bertz CT molecular complexity index is 712. The lowest BCUT2D eigenvalue weighted by Gasteiger charge is -2.44. The molecule has 2 heterocycles. The first-order valence-corrected chi connectivity index (χ1v) is 9.69. The number of aliphatic hydroxyl groups is 1. The van der Waals surface area contributed by atoms with Crippen LogP contribution in [0.5, 0.6) is 5.75 Å². The quantitative estimate of drug-likeness (QED) is 0.722. The average Bonchev–Trinajstić information content (AvgIpc) is 3.01. The van der Waals surface area contributed by atoms with Gasteiger partial charge >= 0.3 is 0 Å². The summed E-state index contributed by atoms with van der Waals surface area (Å²) >= 11 is 6.27. The Morgan fingerprint density at radius 2 is 2.04 bits per heavy atom. The summed E-state index contributed by atoms with van der Waals surface area (Å²) in [6, 6.07) is 5.43. The molecule has 2 fully saturated rings. The summed E-state index contributed by atoms with van der Waals surface area (Å²) in [6.45, 7) is 2.36. The van der Waals surface area contributed by atoms with Crippen LogP contribution in [0.15, 0.2) is 18.2 Å². The summed E-state index contributed by atoms with van der Waals surface area (Å²) in [7, 11) is 0. The fourth-order valence-electron chi connectivity index (χ4n) is 4.22. The van der Waals surface area contributed by atoms with E-state index in [1.807, 2.05) is 12.1 Å². The highest BCUT2D eigenvalue weighted by Gasteiger charge is 2.50. The van der Waals surface area contributed by atoms with Gasteiger partial charge in [-0.3, -0.25) is 14.5 Å². The second-order valence-electron chi connectivity index (χ2n) is 7.20. The number of β-amino-alcohol motifs (C(OH)–C–C–N with tert-alkyl or cyclic N) is 1. The zero-order valence-electron chi connectivity index (χ0n) is 15.3. The summed E-state index contributed by atoms with van der Waals surface area (Å²) in [5, 5.41) is 9.66. The number of aliphatic hydroxyl groups excluding tert-OH is 1. The Kier molecular flexibility index (Phi) is 6.24. The Morgan fingerprint density at radius 3 is 2.70 bits per heavy atom. The molecule has 3 rings (SSSR count). The van der Waals surface area contributed by atoms with E-state index in [1.165, 1.54) is 0 Å². The molecule has 2 aliphatic rings. The number of nitrogens with zero attached hydrogens (tertiary/aromatic N) is 2. The molecule has 2 aliphatic heterocycles. The Balaban J connectivity index is 1.73. The van der Waals surface area contributed by atoms with Gasteiger partial charge in [0.05, 0.1) is 11.6 Å².